The summed E-state index contributed by atoms with van der Waals surface area (Å²) >= 11 is 6.10. The van der Waals surface area contributed by atoms with Crippen LogP contribution in [0.25, 0.3) is 0 Å². The Kier molecular flexibility index (Phi) is 6.67. The first-order valence-corrected chi connectivity index (χ1v) is 12.2. The molecule has 1 fully saturated rings. The van der Waals surface area contributed by atoms with E-state index in [1.807, 2.05) is 30.3 Å². The van der Waals surface area contributed by atoms with Gasteiger partial charge in [0.05, 0.1) is 10.6 Å². The zero-order valence-electron chi connectivity index (χ0n) is 17.5. The molecule has 0 N–H and O–H groups in total. The predicted octanol–water partition coefficient (Wildman–Crippen LogP) is 3.88. The molecule has 1 heterocycles. The second kappa shape index (κ2) is 9.63. The Labute approximate surface area is 193 Å². The number of para-hydroxylation sites is 1. The van der Waals surface area contributed by atoms with Crippen molar-refractivity contribution in [1.29, 1.82) is 0 Å². The highest BCUT2D eigenvalue weighted by atomic mass is 35.5. The van der Waals surface area contributed by atoms with Gasteiger partial charge in [-0.15, -0.1) is 0 Å². The molecule has 0 bridgehead atoms. The van der Waals surface area contributed by atoms with Crippen LogP contribution in [0.15, 0.2) is 89.8 Å². The minimum atomic E-state index is -3.89. The molecule has 0 spiro atoms. The first-order valence-electron chi connectivity index (χ1n) is 10.4. The molecule has 0 unspecified atom stereocenters. The second-order valence-corrected chi connectivity index (χ2v) is 9.81. The number of hydrogen-bond donors (Lipinski definition) is 0. The van der Waals surface area contributed by atoms with Gasteiger partial charge < -0.3 is 9.80 Å². The maximum absolute atomic E-state index is 13.4. The van der Waals surface area contributed by atoms with E-state index in [9.17, 15) is 13.2 Å². The van der Waals surface area contributed by atoms with Crippen LogP contribution in [0.1, 0.15) is 0 Å². The first-order chi connectivity index (χ1) is 15.4. The topological polar surface area (TPSA) is 60.9 Å². The number of nitrogens with zero attached hydrogens (tertiary/aromatic N) is 3. The molecule has 1 aliphatic heterocycles. The smallest absolute Gasteiger partial charge is 0.264 e. The largest absolute Gasteiger partial charge is 0.368 e. The van der Waals surface area contributed by atoms with Gasteiger partial charge in [-0.25, -0.2) is 8.42 Å². The summed E-state index contributed by atoms with van der Waals surface area (Å²) in [5.41, 5.74) is 1.48. The normalized spacial score (nSPS) is 14.3. The van der Waals surface area contributed by atoms with Gasteiger partial charge in [0.1, 0.15) is 6.54 Å². The van der Waals surface area contributed by atoms with Crippen molar-refractivity contribution in [2.75, 3.05) is 41.9 Å². The third kappa shape index (κ3) is 4.89. The number of halogens is 1. The van der Waals surface area contributed by atoms with Crippen LogP contribution in [0.4, 0.5) is 11.4 Å². The number of rotatable bonds is 6. The van der Waals surface area contributed by atoms with E-state index < -0.39 is 10.0 Å². The molecule has 0 saturated carbocycles. The Morgan fingerprint density at radius 3 is 2.09 bits per heavy atom. The molecule has 0 aliphatic carbocycles. The summed E-state index contributed by atoms with van der Waals surface area (Å²) in [5, 5.41) is 0.672. The van der Waals surface area contributed by atoms with Crippen LogP contribution in [-0.2, 0) is 14.8 Å². The summed E-state index contributed by atoms with van der Waals surface area (Å²) in [7, 11) is -3.89. The molecule has 0 atom stereocenters. The number of carbonyl (C=O) groups is 1. The Morgan fingerprint density at radius 2 is 1.47 bits per heavy atom. The molecule has 32 heavy (non-hydrogen) atoms. The fraction of sp³-hybridized carbons (Fsp3) is 0.208. The van der Waals surface area contributed by atoms with E-state index in [1.165, 1.54) is 4.31 Å². The molecule has 1 saturated heterocycles. The fourth-order valence-corrected chi connectivity index (χ4v) is 5.36. The summed E-state index contributed by atoms with van der Waals surface area (Å²) in [5.74, 6) is -0.223. The molecular weight excluding hydrogens is 446 g/mol. The van der Waals surface area contributed by atoms with E-state index in [0.29, 0.717) is 36.9 Å². The average molecular weight is 470 g/mol. The van der Waals surface area contributed by atoms with Crippen molar-refractivity contribution in [3.63, 3.8) is 0 Å². The number of hydrogen-bond acceptors (Lipinski definition) is 4. The zero-order chi connectivity index (χ0) is 22.6. The van der Waals surface area contributed by atoms with Crippen molar-refractivity contribution >= 4 is 38.9 Å². The highest BCUT2D eigenvalue weighted by Gasteiger charge is 2.30. The van der Waals surface area contributed by atoms with Gasteiger partial charge in [0.2, 0.25) is 5.91 Å². The fourth-order valence-electron chi connectivity index (χ4n) is 3.74. The molecule has 1 aliphatic rings. The third-order valence-electron chi connectivity index (χ3n) is 5.46. The highest BCUT2D eigenvalue weighted by Crippen LogP contribution is 2.24. The van der Waals surface area contributed by atoms with Crippen molar-refractivity contribution in [2.45, 2.75) is 4.90 Å². The second-order valence-electron chi connectivity index (χ2n) is 7.51. The van der Waals surface area contributed by atoms with Gasteiger partial charge >= 0.3 is 0 Å². The summed E-state index contributed by atoms with van der Waals surface area (Å²) in [6.07, 6.45) is 0. The van der Waals surface area contributed by atoms with E-state index in [-0.39, 0.29) is 17.3 Å². The van der Waals surface area contributed by atoms with E-state index in [1.54, 1.807) is 59.5 Å². The summed E-state index contributed by atoms with van der Waals surface area (Å²) in [6, 6.07) is 24.6. The maximum atomic E-state index is 13.4. The van der Waals surface area contributed by atoms with Crippen molar-refractivity contribution in [1.82, 2.24) is 4.90 Å². The number of anilines is 2. The molecule has 6 nitrogen and oxygen atoms in total. The van der Waals surface area contributed by atoms with Crippen LogP contribution in [0.5, 0.6) is 0 Å². The van der Waals surface area contributed by atoms with Crippen LogP contribution in [0.3, 0.4) is 0 Å². The minimum absolute atomic E-state index is 0.155. The molecule has 0 radical (unpaired) electrons. The van der Waals surface area contributed by atoms with Gasteiger partial charge in [-0.2, -0.15) is 0 Å². The number of benzene rings is 3. The molecule has 0 aromatic heterocycles. The Bertz CT molecular complexity index is 1170. The lowest BCUT2D eigenvalue weighted by Gasteiger charge is -2.37. The van der Waals surface area contributed by atoms with E-state index in [0.717, 1.165) is 5.69 Å². The number of amides is 1. The molecule has 4 rings (SSSR count). The Morgan fingerprint density at radius 1 is 0.844 bits per heavy atom. The van der Waals surface area contributed by atoms with Crippen LogP contribution in [-0.4, -0.2) is 51.9 Å². The molecule has 3 aromatic rings. The standard InChI is InChI=1S/C24H24ClN3O3S/c25-20-8-7-11-22(18-20)26-14-16-27(17-15-26)24(29)19-28(21-9-3-1-4-10-21)32(30,31)23-12-5-2-6-13-23/h1-13,18H,14-17,19H2. The Balaban J connectivity index is 1.50. The van der Waals surface area contributed by atoms with Crippen LogP contribution in [0.2, 0.25) is 5.02 Å². The monoisotopic (exact) mass is 469 g/mol. The minimum Gasteiger partial charge on any atom is -0.368 e. The van der Waals surface area contributed by atoms with Crippen LogP contribution < -0.4 is 9.21 Å². The van der Waals surface area contributed by atoms with Gasteiger partial charge in [0.15, 0.2) is 0 Å². The highest BCUT2D eigenvalue weighted by molar-refractivity contribution is 7.92. The lowest BCUT2D eigenvalue weighted by molar-refractivity contribution is -0.129. The van der Waals surface area contributed by atoms with Crippen LogP contribution >= 0.6 is 11.6 Å². The van der Waals surface area contributed by atoms with Crippen molar-refractivity contribution in [3.8, 4) is 0 Å². The van der Waals surface area contributed by atoms with Crippen molar-refractivity contribution < 1.29 is 13.2 Å². The lowest BCUT2D eigenvalue weighted by atomic mass is 10.2. The SMILES string of the molecule is O=C(CN(c1ccccc1)S(=O)(=O)c1ccccc1)N1CCN(c2cccc(Cl)c2)CC1. The number of sulfonamides is 1. The van der Waals surface area contributed by atoms with Crippen LogP contribution in [0, 0.1) is 0 Å². The average Bonchev–Trinajstić information content (AvgIpc) is 2.83. The molecular formula is C24H24ClN3O3S. The van der Waals surface area contributed by atoms with E-state index in [4.69, 9.17) is 11.6 Å². The molecule has 8 heteroatoms. The van der Waals surface area contributed by atoms with Gasteiger partial charge in [0.25, 0.3) is 10.0 Å². The maximum Gasteiger partial charge on any atom is 0.264 e. The number of carbonyl (C=O) groups excluding carboxylic acids is 1. The van der Waals surface area contributed by atoms with E-state index >= 15 is 0 Å². The summed E-state index contributed by atoms with van der Waals surface area (Å²) < 4.78 is 27.9. The first kappa shape index (κ1) is 22.2. The summed E-state index contributed by atoms with van der Waals surface area (Å²) in [4.78, 5) is 17.2. The van der Waals surface area contributed by atoms with Crippen molar-refractivity contribution in [3.05, 3.63) is 90.0 Å². The molecule has 3 aromatic carbocycles. The van der Waals surface area contributed by atoms with Gasteiger partial charge in [0, 0.05) is 36.9 Å². The van der Waals surface area contributed by atoms with E-state index in [2.05, 4.69) is 4.90 Å². The van der Waals surface area contributed by atoms with Gasteiger partial charge in [-0.1, -0.05) is 54.1 Å². The zero-order valence-corrected chi connectivity index (χ0v) is 19.0. The predicted molar refractivity (Wildman–Crippen MR) is 128 cm³/mol. The molecule has 1 amide bonds. The Hall–Kier alpha value is -3.03. The van der Waals surface area contributed by atoms with Gasteiger partial charge in [-0.05, 0) is 42.5 Å². The molecule has 166 valence electrons. The number of piperazine rings is 1. The lowest BCUT2D eigenvalue weighted by Crippen LogP contribution is -2.52. The summed E-state index contributed by atoms with van der Waals surface area (Å²) in [6.45, 7) is 2.09. The third-order valence-corrected chi connectivity index (χ3v) is 7.48. The quantitative estimate of drug-likeness (QED) is 0.549. The van der Waals surface area contributed by atoms with Gasteiger partial charge in [-0.3, -0.25) is 9.10 Å². The van der Waals surface area contributed by atoms with Crippen molar-refractivity contribution in [2.24, 2.45) is 0 Å².